The molecule has 0 aromatic carbocycles. The van der Waals surface area contributed by atoms with E-state index in [0.29, 0.717) is 5.41 Å². The topological polar surface area (TPSA) is 18.5 Å². The van der Waals surface area contributed by atoms with Crippen molar-refractivity contribution in [2.24, 2.45) is 29.1 Å². The van der Waals surface area contributed by atoms with Crippen LogP contribution >= 0.6 is 0 Å². The molecular weight excluding hydrogens is 557 g/mol. The Hall–Kier alpha value is -0.426. The van der Waals surface area contributed by atoms with E-state index >= 15 is 0 Å². The Balaban J connectivity index is 1.87. The fraction of sp³-hybridized carbons (Fsp3) is 0.846. The van der Waals surface area contributed by atoms with Gasteiger partial charge in [0.15, 0.2) is 16.6 Å². The fourth-order valence-electron chi connectivity index (χ4n) is 8.03. The standard InChI is InChI=1S/C39H72O2Si2/c1-28(2)18-16-19-29(3)34-23-24-35-31(20-17-25-39(34,35)11)21-22-32-26-33(40-42(12,13)37(5,6)7)27-36(30(32)4)41-43(14,15)38(8,9)10/h21-22,28-29,33-36H,4,16-20,23-27H2,1-3,5-15H3/t29?,33?,34?,35?,36?,39-/m1/s1. The molecule has 0 heterocycles. The number of allylic oxidation sites excluding steroid dienone is 3. The quantitative estimate of drug-likeness (QED) is 0.224. The highest BCUT2D eigenvalue weighted by atomic mass is 28.4. The average molecular weight is 629 g/mol. The molecule has 2 nitrogen and oxygen atoms in total. The van der Waals surface area contributed by atoms with Gasteiger partial charge in [-0.05, 0) is 115 Å². The summed E-state index contributed by atoms with van der Waals surface area (Å²) in [7, 11) is -3.86. The number of rotatable bonds is 10. The van der Waals surface area contributed by atoms with E-state index in [1.165, 1.54) is 62.5 Å². The molecule has 43 heavy (non-hydrogen) atoms. The lowest BCUT2D eigenvalue weighted by molar-refractivity contribution is 0.0927. The second-order valence-electron chi connectivity index (χ2n) is 18.7. The van der Waals surface area contributed by atoms with Crippen molar-refractivity contribution in [3.8, 4) is 0 Å². The van der Waals surface area contributed by atoms with Crippen LogP contribution in [-0.4, -0.2) is 28.8 Å². The van der Waals surface area contributed by atoms with E-state index in [9.17, 15) is 0 Å². The highest BCUT2D eigenvalue weighted by Crippen LogP contribution is 2.60. The van der Waals surface area contributed by atoms with Gasteiger partial charge in [0.2, 0.25) is 0 Å². The van der Waals surface area contributed by atoms with Crippen LogP contribution in [0.2, 0.25) is 36.3 Å². The van der Waals surface area contributed by atoms with Gasteiger partial charge in [-0.3, -0.25) is 0 Å². The fourth-order valence-corrected chi connectivity index (χ4v) is 10.7. The largest absolute Gasteiger partial charge is 0.413 e. The zero-order valence-electron chi connectivity index (χ0n) is 31.2. The molecule has 3 aliphatic rings. The Kier molecular flexibility index (Phi) is 11.8. The molecule has 0 spiro atoms. The molecule has 4 heteroatoms. The molecule has 3 rings (SSSR count). The summed E-state index contributed by atoms with van der Waals surface area (Å²) in [5.41, 5.74) is 4.75. The maximum Gasteiger partial charge on any atom is 0.192 e. The molecule has 0 aromatic rings. The minimum absolute atomic E-state index is 0.0493. The van der Waals surface area contributed by atoms with Crippen molar-refractivity contribution < 1.29 is 8.85 Å². The molecule has 6 atom stereocenters. The summed E-state index contributed by atoms with van der Waals surface area (Å²) in [5, 5.41) is 0.366. The van der Waals surface area contributed by atoms with Gasteiger partial charge in [-0.2, -0.15) is 0 Å². The van der Waals surface area contributed by atoms with Gasteiger partial charge in [0, 0.05) is 6.42 Å². The Morgan fingerprint density at radius 3 is 2.09 bits per heavy atom. The van der Waals surface area contributed by atoms with Crippen molar-refractivity contribution in [3.05, 3.63) is 35.5 Å². The second kappa shape index (κ2) is 13.7. The van der Waals surface area contributed by atoms with Crippen LogP contribution in [0.4, 0.5) is 0 Å². The number of hydrogen-bond acceptors (Lipinski definition) is 2. The van der Waals surface area contributed by atoms with Crippen LogP contribution in [-0.2, 0) is 8.85 Å². The normalized spacial score (nSPS) is 32.1. The third-order valence-electron chi connectivity index (χ3n) is 12.9. The maximum absolute atomic E-state index is 7.09. The molecule has 3 saturated carbocycles. The summed E-state index contributed by atoms with van der Waals surface area (Å²) < 4.78 is 14.2. The van der Waals surface area contributed by atoms with Gasteiger partial charge >= 0.3 is 0 Å². The molecule has 0 saturated heterocycles. The van der Waals surface area contributed by atoms with Crippen molar-refractivity contribution in [2.75, 3.05) is 0 Å². The maximum atomic E-state index is 7.09. The summed E-state index contributed by atoms with van der Waals surface area (Å²) >= 11 is 0. The average Bonchev–Trinajstić information content (AvgIpc) is 3.20. The second-order valence-corrected chi connectivity index (χ2v) is 28.2. The first-order valence-corrected chi connectivity index (χ1v) is 23.8. The Labute approximate surface area is 271 Å². The third-order valence-corrected chi connectivity index (χ3v) is 21.9. The lowest BCUT2D eigenvalue weighted by atomic mass is 9.60. The third kappa shape index (κ3) is 8.69. The van der Waals surface area contributed by atoms with E-state index in [0.717, 1.165) is 36.5 Å². The molecule has 248 valence electrons. The van der Waals surface area contributed by atoms with Crippen molar-refractivity contribution in [1.29, 1.82) is 0 Å². The van der Waals surface area contributed by atoms with E-state index in [4.69, 9.17) is 15.4 Å². The number of fused-ring (bicyclic) bond motifs is 1. The molecule has 3 fully saturated rings. The van der Waals surface area contributed by atoms with Crippen LogP contribution in [0.15, 0.2) is 35.5 Å². The summed E-state index contributed by atoms with van der Waals surface area (Å²) in [6.45, 7) is 38.3. The van der Waals surface area contributed by atoms with E-state index < -0.39 is 16.6 Å². The summed E-state index contributed by atoms with van der Waals surface area (Å²) in [6.07, 6.45) is 18.1. The van der Waals surface area contributed by atoms with Gasteiger partial charge < -0.3 is 8.85 Å². The predicted molar refractivity (Wildman–Crippen MR) is 195 cm³/mol. The molecule has 0 bridgehead atoms. The lowest BCUT2D eigenvalue weighted by Crippen LogP contribution is -2.49. The van der Waals surface area contributed by atoms with Crippen LogP contribution in [0.5, 0.6) is 0 Å². The predicted octanol–water partition coefficient (Wildman–Crippen LogP) is 12.6. The van der Waals surface area contributed by atoms with Crippen molar-refractivity contribution >= 4 is 16.6 Å². The molecular formula is C39H72O2Si2. The first-order valence-electron chi connectivity index (χ1n) is 18.0. The minimum Gasteiger partial charge on any atom is -0.413 e. The lowest BCUT2D eigenvalue weighted by Gasteiger charge is -2.46. The molecule has 0 aliphatic heterocycles. The van der Waals surface area contributed by atoms with Gasteiger partial charge in [-0.25, -0.2) is 0 Å². The SMILES string of the molecule is C=C1C(=CC=C2CCC[C@@]3(C)C2CCC3C(C)CCCC(C)C)CC(O[Si](C)(C)C(C)(C)C)CC1O[Si](C)(C)C(C)(C)C. The van der Waals surface area contributed by atoms with Gasteiger partial charge in [0.25, 0.3) is 0 Å². The van der Waals surface area contributed by atoms with Crippen molar-refractivity contribution in [1.82, 2.24) is 0 Å². The van der Waals surface area contributed by atoms with Gasteiger partial charge in [-0.15, -0.1) is 0 Å². The Morgan fingerprint density at radius 2 is 1.51 bits per heavy atom. The number of hydrogen-bond donors (Lipinski definition) is 0. The molecule has 0 amide bonds. The van der Waals surface area contributed by atoms with Crippen molar-refractivity contribution in [3.63, 3.8) is 0 Å². The molecule has 3 aliphatic carbocycles. The van der Waals surface area contributed by atoms with Crippen LogP contribution in [0.3, 0.4) is 0 Å². The van der Waals surface area contributed by atoms with Crippen LogP contribution in [0.25, 0.3) is 0 Å². The molecule has 0 N–H and O–H groups in total. The highest BCUT2D eigenvalue weighted by Gasteiger charge is 2.50. The van der Waals surface area contributed by atoms with Gasteiger partial charge in [-0.1, -0.05) is 113 Å². The van der Waals surface area contributed by atoms with Crippen LogP contribution < -0.4 is 0 Å². The van der Waals surface area contributed by atoms with E-state index in [2.05, 4.69) is 108 Å². The Bertz CT molecular complexity index is 1020. The van der Waals surface area contributed by atoms with Crippen LogP contribution in [0.1, 0.15) is 133 Å². The molecule has 0 radical (unpaired) electrons. The summed E-state index contributed by atoms with van der Waals surface area (Å²) in [5.74, 6) is 3.28. The molecule has 0 aromatic heterocycles. The van der Waals surface area contributed by atoms with Crippen LogP contribution in [0, 0.1) is 29.1 Å². The minimum atomic E-state index is -1.95. The highest BCUT2D eigenvalue weighted by molar-refractivity contribution is 6.74. The summed E-state index contributed by atoms with van der Waals surface area (Å²) in [6, 6.07) is 0. The zero-order valence-corrected chi connectivity index (χ0v) is 33.2. The van der Waals surface area contributed by atoms with E-state index in [-0.39, 0.29) is 22.3 Å². The van der Waals surface area contributed by atoms with Crippen molar-refractivity contribution in [2.45, 2.75) is 182 Å². The summed E-state index contributed by atoms with van der Waals surface area (Å²) in [4.78, 5) is 0. The molecule has 5 unspecified atom stereocenters. The Morgan fingerprint density at radius 1 is 0.907 bits per heavy atom. The van der Waals surface area contributed by atoms with E-state index in [1.54, 1.807) is 5.57 Å². The smallest absolute Gasteiger partial charge is 0.192 e. The first-order chi connectivity index (χ1) is 19.6. The monoisotopic (exact) mass is 629 g/mol. The van der Waals surface area contributed by atoms with Gasteiger partial charge in [0.05, 0.1) is 12.2 Å². The van der Waals surface area contributed by atoms with E-state index in [1.807, 2.05) is 0 Å². The van der Waals surface area contributed by atoms with Gasteiger partial charge in [0.1, 0.15) is 0 Å². The zero-order chi connectivity index (χ0) is 32.6. The first kappa shape index (κ1) is 37.0.